The van der Waals surface area contributed by atoms with Crippen LogP contribution in [0.5, 0.6) is 0 Å². The molecule has 4 aliphatic heterocycles. The molecule has 4 heterocycles. The van der Waals surface area contributed by atoms with Gasteiger partial charge in [0.25, 0.3) is 11.7 Å². The first-order valence-electron chi connectivity index (χ1n) is 36.1. The van der Waals surface area contributed by atoms with Gasteiger partial charge in [-0.1, -0.05) is 180 Å². The molecular weight excluding hydrogens is 1270 g/mol. The summed E-state index contributed by atoms with van der Waals surface area (Å²) in [5, 5.41) is 155. The Kier molecular flexibility index (Phi) is 41.9. The lowest BCUT2D eigenvalue weighted by atomic mass is 9.87. The monoisotopic (exact) mass is 1400 g/mol. The zero-order chi connectivity index (χ0) is 71.5. The first-order chi connectivity index (χ1) is 46.6. The first kappa shape index (κ1) is 86.2. The van der Waals surface area contributed by atoms with Crippen LogP contribution in [0.3, 0.4) is 0 Å². The molecule has 29 nitrogen and oxygen atoms in total. The zero-order valence-electron chi connectivity index (χ0n) is 58.1. The molecular formula is C68H124N4O25. The second-order valence-electron chi connectivity index (χ2n) is 26.7. The summed E-state index contributed by atoms with van der Waals surface area (Å²) in [7, 11) is 1.10. The molecule has 29 heteroatoms. The van der Waals surface area contributed by atoms with Gasteiger partial charge in [-0.05, 0) is 19.3 Å². The summed E-state index contributed by atoms with van der Waals surface area (Å²) in [6, 6.07) is -4.38. The molecule has 4 rings (SSSR count). The highest BCUT2D eigenvalue weighted by Gasteiger charge is 2.61. The molecule has 4 saturated heterocycles. The predicted molar refractivity (Wildman–Crippen MR) is 352 cm³/mol. The summed E-state index contributed by atoms with van der Waals surface area (Å²) in [6.07, 6.45) is -3.20. The van der Waals surface area contributed by atoms with Crippen LogP contribution >= 0.6 is 0 Å². The number of hydrogen-bond donors (Lipinski definition) is 17. The lowest BCUT2D eigenvalue weighted by molar-refractivity contribution is -0.399. The smallest absolute Gasteiger partial charge is 0.280 e. The fourth-order valence-electron chi connectivity index (χ4n) is 13.0. The molecule has 4 amide bonds. The van der Waals surface area contributed by atoms with E-state index in [2.05, 4.69) is 35.1 Å². The van der Waals surface area contributed by atoms with E-state index in [9.17, 15) is 85.6 Å². The van der Waals surface area contributed by atoms with E-state index in [1.54, 1.807) is 6.08 Å². The van der Waals surface area contributed by atoms with E-state index in [0.29, 0.717) is 12.8 Å². The molecule has 97 heavy (non-hydrogen) atoms. The Bertz CT molecular complexity index is 2200. The van der Waals surface area contributed by atoms with Crippen LogP contribution in [0.1, 0.15) is 214 Å². The van der Waals surface area contributed by atoms with Crippen molar-refractivity contribution in [3.05, 3.63) is 12.2 Å². The van der Waals surface area contributed by atoms with E-state index in [1.165, 1.54) is 109 Å². The van der Waals surface area contributed by atoms with Crippen LogP contribution in [0.15, 0.2) is 12.2 Å². The minimum Gasteiger partial charge on any atom is -0.394 e. The van der Waals surface area contributed by atoms with Gasteiger partial charge in [-0.3, -0.25) is 19.2 Å². The molecule has 23 atom stereocenters. The van der Waals surface area contributed by atoms with Gasteiger partial charge in [0.15, 0.2) is 18.9 Å². The van der Waals surface area contributed by atoms with Gasteiger partial charge in [-0.2, -0.15) is 0 Å². The van der Waals surface area contributed by atoms with Crippen molar-refractivity contribution < 1.29 is 123 Å². The molecule has 0 spiro atoms. The summed E-state index contributed by atoms with van der Waals surface area (Å²) in [5.41, 5.74) is 0. The van der Waals surface area contributed by atoms with Crippen LogP contribution in [0, 0.1) is 0 Å². The molecule has 0 radical (unpaired) electrons. The first-order valence-corrected chi connectivity index (χ1v) is 36.1. The maximum Gasteiger partial charge on any atom is 0.280 e. The van der Waals surface area contributed by atoms with Gasteiger partial charge < -0.3 is 126 Å². The van der Waals surface area contributed by atoms with Crippen LogP contribution in [0.2, 0.25) is 0 Å². The van der Waals surface area contributed by atoms with Crippen LogP contribution in [-0.4, -0.2) is 271 Å². The topological polar surface area (TPSA) is 453 Å². The fraction of sp³-hybridized carbons (Fsp3) is 0.912. The molecule has 0 aromatic carbocycles. The Labute approximate surface area is 573 Å². The second kappa shape index (κ2) is 47.1. The predicted octanol–water partition coefficient (Wildman–Crippen LogP) is 0.795. The standard InChI is InChI=1S/C68H124N4O25/c1-6-8-10-12-14-16-18-20-21-23-25-27-29-31-33-35-51(82)72-44(45(79)34-32-30-28-26-24-22-19-17-15-13-11-9-7-2)41-90-65-58(87)57(86)60(49(39-75)92-65)94-66-59(88)63(61(50(40-76)93-66)95-64-53(71-43(4)78)56(85)55(84)48(38-74)91-64)97-68(67(89)69-5)36-46(80)52(70-42(3)77)62(96-68)54(83)47(81)37-73/h32,34,44-50,52-66,73-76,79-81,83-88H,6-31,33,35-41H2,1-5H3,(H,69,89)(H,70,77)(H,71,78)(H,72,82)/b34-32+/t44-,45+,46-,47+,48+,49+,50+,52+,53+,54+,55-,56+,57+,58+,59+,60+,61-,62+,63+,64-,65+,66-,68-/m0/s1. The second-order valence-corrected chi connectivity index (χ2v) is 26.7. The van der Waals surface area contributed by atoms with Crippen molar-refractivity contribution in [3.63, 3.8) is 0 Å². The Morgan fingerprint density at radius 1 is 0.546 bits per heavy atom. The van der Waals surface area contributed by atoms with E-state index >= 15 is 0 Å². The van der Waals surface area contributed by atoms with Crippen LogP contribution < -0.4 is 21.3 Å². The number of ether oxygens (including phenoxy) is 8. The SMILES string of the molecule is CCCCCCCCCCCCC/C=C/[C@@H](O)[C@H](CO[C@@H]1O[C@H](CO)[C@@H](O[C@@H]2O[C@H](CO)[C@H](O[C@@H]3O[C@H](CO)[C@H](O)[C@H](O)[C@H]3NC(C)=O)[C@H](O[C@]3(C(=O)NC)C[C@H](O)[C@@H](NC(C)=O)[C@H]([C@H](O)[C@H](O)CO)O3)[C@H]2O)[C@H](O)[C@H]1O)NC(=O)CCCCCCCCCCCCCCCCC. The molecule has 0 saturated carbocycles. The van der Waals surface area contributed by atoms with Crippen molar-refractivity contribution in [1.82, 2.24) is 21.3 Å². The van der Waals surface area contributed by atoms with Crippen molar-refractivity contribution in [2.75, 3.05) is 40.1 Å². The quantitative estimate of drug-likeness (QED) is 0.0296. The number of carbonyl (C=O) groups is 4. The molecule has 4 aliphatic rings. The average molecular weight is 1400 g/mol. The number of amides is 4. The number of hydrogen-bond acceptors (Lipinski definition) is 25. The summed E-state index contributed by atoms with van der Waals surface area (Å²) >= 11 is 0. The van der Waals surface area contributed by atoms with E-state index in [4.69, 9.17) is 37.9 Å². The third kappa shape index (κ3) is 28.2. The van der Waals surface area contributed by atoms with E-state index in [-0.39, 0.29) is 12.3 Å². The number of allylic oxidation sites excluding steroid dienone is 1. The zero-order valence-corrected chi connectivity index (χ0v) is 58.1. The normalized spacial score (nSPS) is 32.1. The van der Waals surface area contributed by atoms with Crippen LogP contribution in [-0.2, 0) is 57.1 Å². The van der Waals surface area contributed by atoms with E-state index in [0.717, 1.165) is 72.3 Å². The molecule has 0 aromatic rings. The molecule has 566 valence electrons. The van der Waals surface area contributed by atoms with E-state index in [1.807, 2.05) is 6.08 Å². The van der Waals surface area contributed by atoms with Gasteiger partial charge in [0.2, 0.25) is 17.7 Å². The van der Waals surface area contributed by atoms with Crippen LogP contribution in [0.4, 0.5) is 0 Å². The van der Waals surface area contributed by atoms with Gasteiger partial charge in [-0.25, -0.2) is 0 Å². The highest BCUT2D eigenvalue weighted by Crippen LogP contribution is 2.40. The Balaban J connectivity index is 1.56. The molecule has 0 unspecified atom stereocenters. The van der Waals surface area contributed by atoms with Gasteiger partial charge in [-0.15, -0.1) is 0 Å². The van der Waals surface area contributed by atoms with Crippen molar-refractivity contribution in [3.8, 4) is 0 Å². The average Bonchev–Trinajstić information content (AvgIpc) is 0.752. The van der Waals surface area contributed by atoms with Crippen molar-refractivity contribution in [2.45, 2.75) is 354 Å². The molecule has 0 bridgehead atoms. The highest BCUT2D eigenvalue weighted by atomic mass is 16.8. The summed E-state index contributed by atoms with van der Waals surface area (Å²) in [5.74, 6) is -6.10. The number of unbranched alkanes of at least 4 members (excludes halogenated alkanes) is 25. The van der Waals surface area contributed by atoms with Gasteiger partial charge in [0.1, 0.15) is 91.5 Å². The minimum atomic E-state index is -2.94. The Morgan fingerprint density at radius 3 is 1.53 bits per heavy atom. The largest absolute Gasteiger partial charge is 0.394 e. The number of carbonyl (C=O) groups excluding carboxylic acids is 4. The van der Waals surface area contributed by atoms with E-state index < -0.39 is 198 Å². The highest BCUT2D eigenvalue weighted by molar-refractivity contribution is 5.84. The lowest BCUT2D eigenvalue weighted by Gasteiger charge is -2.53. The maximum absolute atomic E-state index is 14.3. The number of aliphatic hydroxyl groups excluding tert-OH is 13. The van der Waals surface area contributed by atoms with Crippen molar-refractivity contribution in [1.29, 1.82) is 0 Å². The maximum atomic E-state index is 14.3. The fourth-order valence-corrected chi connectivity index (χ4v) is 13.0. The van der Waals surface area contributed by atoms with Crippen molar-refractivity contribution in [2.24, 2.45) is 0 Å². The molecule has 0 aromatic heterocycles. The molecule has 17 N–H and O–H groups in total. The number of likely N-dealkylation sites (N-methyl/N-ethyl adjacent to an activating group) is 1. The van der Waals surface area contributed by atoms with Crippen molar-refractivity contribution >= 4 is 23.6 Å². The molecule has 4 fully saturated rings. The Hall–Kier alpha value is -3.22. The number of nitrogens with one attached hydrogen (secondary N) is 4. The summed E-state index contributed by atoms with van der Waals surface area (Å²) in [4.78, 5) is 52.8. The molecule has 0 aliphatic carbocycles. The summed E-state index contributed by atoms with van der Waals surface area (Å²) < 4.78 is 48.8. The van der Waals surface area contributed by atoms with Gasteiger partial charge in [0.05, 0.1) is 57.3 Å². The summed E-state index contributed by atoms with van der Waals surface area (Å²) in [6.45, 7) is 1.97. The number of rotatable bonds is 49. The van der Waals surface area contributed by atoms with Crippen LogP contribution in [0.25, 0.3) is 0 Å². The third-order valence-corrected chi connectivity index (χ3v) is 18.7. The van der Waals surface area contributed by atoms with Gasteiger partial charge in [0, 0.05) is 33.7 Å². The lowest BCUT2D eigenvalue weighted by Crippen LogP contribution is -2.72. The minimum absolute atomic E-state index is 0.171. The Morgan fingerprint density at radius 2 is 1.02 bits per heavy atom. The third-order valence-electron chi connectivity index (χ3n) is 18.7. The van der Waals surface area contributed by atoms with Gasteiger partial charge >= 0.3 is 0 Å². The number of aliphatic hydroxyl groups is 13.